The smallest absolute Gasteiger partial charge is 0.325 e. The molecule has 0 saturated heterocycles. The first kappa shape index (κ1) is 12.9. The molecule has 98 valence electrons. The van der Waals surface area contributed by atoms with Crippen LogP contribution in [0.1, 0.15) is 30.5 Å². The number of carboxylic acids is 1. The Labute approximate surface area is 102 Å². The molecule has 0 aromatic heterocycles. The summed E-state index contributed by atoms with van der Waals surface area (Å²) in [6.07, 6.45) is 0.896. The largest absolute Gasteiger partial charge is 0.480 e. The SMILES string of the molecule is CCC1Cc2cc(F)c(F)c(F)c2C(C(=O)O)N1. The summed E-state index contributed by atoms with van der Waals surface area (Å²) in [5.41, 5.74) is -0.0875. The van der Waals surface area contributed by atoms with Crippen LogP contribution >= 0.6 is 0 Å². The lowest BCUT2D eigenvalue weighted by Gasteiger charge is -2.30. The maximum absolute atomic E-state index is 13.7. The van der Waals surface area contributed by atoms with Crippen molar-refractivity contribution < 1.29 is 23.1 Å². The number of aliphatic carboxylic acids is 1. The van der Waals surface area contributed by atoms with Gasteiger partial charge < -0.3 is 5.11 Å². The third kappa shape index (κ3) is 1.96. The molecule has 2 rings (SSSR count). The average Bonchev–Trinajstić information content (AvgIpc) is 2.34. The van der Waals surface area contributed by atoms with Crippen molar-refractivity contribution in [2.24, 2.45) is 0 Å². The molecular formula is C12H12F3NO2. The molecule has 0 amide bonds. The van der Waals surface area contributed by atoms with Gasteiger partial charge in [-0.3, -0.25) is 10.1 Å². The summed E-state index contributed by atoms with van der Waals surface area (Å²) < 4.78 is 40.0. The zero-order valence-electron chi connectivity index (χ0n) is 9.64. The molecule has 1 aliphatic rings. The van der Waals surface area contributed by atoms with Crippen LogP contribution in [0.25, 0.3) is 0 Å². The standard InChI is InChI=1S/C12H12F3NO2/c1-2-6-3-5-4-7(13)9(14)10(15)8(5)11(16-6)12(17)18/h4,6,11,16H,2-3H2,1H3,(H,17,18). The fourth-order valence-corrected chi connectivity index (χ4v) is 2.24. The maximum Gasteiger partial charge on any atom is 0.325 e. The zero-order valence-corrected chi connectivity index (χ0v) is 9.64. The van der Waals surface area contributed by atoms with Crippen molar-refractivity contribution in [2.45, 2.75) is 31.8 Å². The number of benzene rings is 1. The molecule has 2 unspecified atom stereocenters. The number of halogens is 3. The average molecular weight is 259 g/mol. The van der Waals surface area contributed by atoms with Gasteiger partial charge in [-0.15, -0.1) is 0 Å². The van der Waals surface area contributed by atoms with Gasteiger partial charge in [-0.25, -0.2) is 13.2 Å². The molecule has 6 heteroatoms. The van der Waals surface area contributed by atoms with E-state index in [9.17, 15) is 18.0 Å². The van der Waals surface area contributed by atoms with Gasteiger partial charge in [0.1, 0.15) is 6.04 Å². The number of carbonyl (C=O) groups is 1. The van der Waals surface area contributed by atoms with Gasteiger partial charge in [-0.2, -0.15) is 0 Å². The minimum absolute atomic E-state index is 0.192. The van der Waals surface area contributed by atoms with E-state index in [0.29, 0.717) is 6.42 Å². The van der Waals surface area contributed by atoms with Crippen LogP contribution in [0.2, 0.25) is 0 Å². The molecule has 1 aromatic carbocycles. The van der Waals surface area contributed by atoms with E-state index in [1.807, 2.05) is 6.92 Å². The first-order valence-electron chi connectivity index (χ1n) is 5.60. The topological polar surface area (TPSA) is 49.3 Å². The normalized spacial score (nSPS) is 22.7. The fourth-order valence-electron chi connectivity index (χ4n) is 2.24. The van der Waals surface area contributed by atoms with Crippen LogP contribution in [0.4, 0.5) is 13.2 Å². The van der Waals surface area contributed by atoms with Crippen LogP contribution in [0.3, 0.4) is 0 Å². The molecule has 0 radical (unpaired) electrons. The summed E-state index contributed by atoms with van der Waals surface area (Å²) in [4.78, 5) is 11.1. The van der Waals surface area contributed by atoms with Crippen molar-refractivity contribution in [1.82, 2.24) is 5.32 Å². The van der Waals surface area contributed by atoms with Crippen LogP contribution in [0.15, 0.2) is 6.07 Å². The minimum atomic E-state index is -1.63. The zero-order chi connectivity index (χ0) is 13.4. The number of hydrogen-bond donors (Lipinski definition) is 2. The minimum Gasteiger partial charge on any atom is -0.480 e. The summed E-state index contributed by atoms with van der Waals surface area (Å²) in [7, 11) is 0. The Bertz CT molecular complexity index is 505. The summed E-state index contributed by atoms with van der Waals surface area (Å²) in [6.45, 7) is 1.83. The summed E-state index contributed by atoms with van der Waals surface area (Å²) >= 11 is 0. The quantitative estimate of drug-likeness (QED) is 0.800. The molecule has 3 nitrogen and oxygen atoms in total. The molecule has 0 aliphatic carbocycles. The highest BCUT2D eigenvalue weighted by Gasteiger charge is 2.35. The molecule has 0 fully saturated rings. The Morgan fingerprint density at radius 1 is 1.44 bits per heavy atom. The molecular weight excluding hydrogens is 247 g/mol. The van der Waals surface area contributed by atoms with Crippen LogP contribution in [0, 0.1) is 17.5 Å². The molecule has 2 atom stereocenters. The second-order valence-electron chi connectivity index (χ2n) is 4.31. The van der Waals surface area contributed by atoms with Crippen LogP contribution in [-0.4, -0.2) is 17.1 Å². The number of carboxylic acid groups (broad SMARTS) is 1. The maximum atomic E-state index is 13.7. The Morgan fingerprint density at radius 3 is 2.67 bits per heavy atom. The van der Waals surface area contributed by atoms with Gasteiger partial charge in [0, 0.05) is 11.6 Å². The molecule has 0 spiro atoms. The van der Waals surface area contributed by atoms with Crippen molar-refractivity contribution in [3.8, 4) is 0 Å². The predicted molar refractivity (Wildman–Crippen MR) is 57.6 cm³/mol. The number of hydrogen-bond acceptors (Lipinski definition) is 2. The summed E-state index contributed by atoms with van der Waals surface area (Å²) in [5, 5.41) is 11.8. The van der Waals surface area contributed by atoms with E-state index < -0.39 is 29.5 Å². The number of nitrogens with one attached hydrogen (secondary N) is 1. The van der Waals surface area contributed by atoms with E-state index in [1.165, 1.54) is 0 Å². The third-order valence-electron chi connectivity index (χ3n) is 3.18. The Balaban J connectivity index is 2.59. The highest BCUT2D eigenvalue weighted by Crippen LogP contribution is 2.31. The lowest BCUT2D eigenvalue weighted by Crippen LogP contribution is -2.43. The van der Waals surface area contributed by atoms with E-state index in [0.717, 1.165) is 6.07 Å². The monoisotopic (exact) mass is 259 g/mol. The molecule has 1 aliphatic heterocycles. The van der Waals surface area contributed by atoms with E-state index >= 15 is 0 Å². The Kier molecular flexibility index (Phi) is 3.30. The molecule has 0 bridgehead atoms. The summed E-state index contributed by atoms with van der Waals surface area (Å²) in [5.74, 6) is -5.64. The van der Waals surface area contributed by atoms with Crippen molar-refractivity contribution in [3.05, 3.63) is 34.6 Å². The fraction of sp³-hybridized carbons (Fsp3) is 0.417. The molecule has 2 N–H and O–H groups in total. The van der Waals surface area contributed by atoms with E-state index in [1.54, 1.807) is 0 Å². The van der Waals surface area contributed by atoms with Gasteiger partial charge in [0.05, 0.1) is 0 Å². The number of fused-ring (bicyclic) bond motifs is 1. The van der Waals surface area contributed by atoms with E-state index in [2.05, 4.69) is 5.32 Å². The lowest BCUT2D eigenvalue weighted by atomic mass is 9.88. The van der Waals surface area contributed by atoms with Crippen molar-refractivity contribution in [1.29, 1.82) is 0 Å². The summed E-state index contributed by atoms with van der Waals surface area (Å²) in [6, 6.07) is -0.649. The van der Waals surface area contributed by atoms with Gasteiger partial charge in [0.25, 0.3) is 0 Å². The van der Waals surface area contributed by atoms with Crippen LogP contribution in [-0.2, 0) is 11.2 Å². The molecule has 18 heavy (non-hydrogen) atoms. The Hall–Kier alpha value is -1.56. The predicted octanol–water partition coefficient (Wildman–Crippen LogP) is 2.15. The van der Waals surface area contributed by atoms with Gasteiger partial charge in [-0.05, 0) is 24.5 Å². The van der Waals surface area contributed by atoms with Crippen molar-refractivity contribution in [2.75, 3.05) is 0 Å². The first-order valence-corrected chi connectivity index (χ1v) is 5.60. The van der Waals surface area contributed by atoms with Crippen molar-refractivity contribution in [3.63, 3.8) is 0 Å². The molecule has 1 heterocycles. The second kappa shape index (κ2) is 4.61. The van der Waals surface area contributed by atoms with Gasteiger partial charge in [0.2, 0.25) is 0 Å². The highest BCUT2D eigenvalue weighted by atomic mass is 19.2. The Morgan fingerprint density at radius 2 is 2.11 bits per heavy atom. The van der Waals surface area contributed by atoms with E-state index in [4.69, 9.17) is 5.11 Å². The number of rotatable bonds is 2. The van der Waals surface area contributed by atoms with Gasteiger partial charge in [-0.1, -0.05) is 6.92 Å². The van der Waals surface area contributed by atoms with Crippen molar-refractivity contribution >= 4 is 5.97 Å². The van der Waals surface area contributed by atoms with Crippen LogP contribution in [0.5, 0.6) is 0 Å². The second-order valence-corrected chi connectivity index (χ2v) is 4.31. The van der Waals surface area contributed by atoms with Gasteiger partial charge in [0.15, 0.2) is 17.5 Å². The van der Waals surface area contributed by atoms with Gasteiger partial charge >= 0.3 is 5.97 Å². The highest BCUT2D eigenvalue weighted by molar-refractivity contribution is 5.76. The lowest BCUT2D eigenvalue weighted by molar-refractivity contribution is -0.140. The van der Waals surface area contributed by atoms with Crippen LogP contribution < -0.4 is 5.32 Å². The van der Waals surface area contributed by atoms with E-state index in [-0.39, 0.29) is 23.6 Å². The molecule has 1 aromatic rings. The first-order chi connectivity index (χ1) is 8.45. The third-order valence-corrected chi connectivity index (χ3v) is 3.18. The molecule has 0 saturated carbocycles.